The fourth-order valence-electron chi connectivity index (χ4n) is 2.09. The Morgan fingerprint density at radius 1 is 1.30 bits per heavy atom. The van der Waals surface area contributed by atoms with Gasteiger partial charge in [-0.05, 0) is 31.0 Å². The van der Waals surface area contributed by atoms with E-state index < -0.39 is 9.84 Å². The molecule has 5 heteroatoms. The average molecular weight is 299 g/mol. The molecule has 0 saturated carbocycles. The number of benzene rings is 1. The highest BCUT2D eigenvalue weighted by molar-refractivity contribution is 7.90. The molecule has 1 N–H and O–H groups in total. The molecule has 0 aliphatic rings. The van der Waals surface area contributed by atoms with E-state index in [1.54, 1.807) is 7.11 Å². The molecule has 1 aromatic carbocycles. The Hall–Kier alpha value is -0.910. The third kappa shape index (κ3) is 6.03. The lowest BCUT2D eigenvalue weighted by molar-refractivity contribution is 0.173. The number of sulfone groups is 1. The number of hydrogen-bond donors (Lipinski definition) is 1. The number of methoxy groups -OCH3 is 1. The van der Waals surface area contributed by atoms with Gasteiger partial charge in [-0.1, -0.05) is 31.2 Å². The molecule has 114 valence electrons. The summed E-state index contributed by atoms with van der Waals surface area (Å²) in [5.74, 6) is 0.197. The standard InChI is InChI=1S/C15H25NO3S/c1-4-9-16-15(10-19-3)12-20(17,18)11-14-8-6-5-7-13(14)2/h5-8,15-16H,4,9-12H2,1-3H3. The summed E-state index contributed by atoms with van der Waals surface area (Å²) >= 11 is 0. The van der Waals surface area contributed by atoms with Gasteiger partial charge in [0, 0.05) is 13.2 Å². The minimum Gasteiger partial charge on any atom is -0.383 e. The van der Waals surface area contributed by atoms with Crippen LogP contribution in [-0.2, 0) is 20.3 Å². The Kier molecular flexibility index (Phi) is 7.19. The van der Waals surface area contributed by atoms with Gasteiger partial charge in [-0.15, -0.1) is 0 Å². The van der Waals surface area contributed by atoms with Crippen molar-refractivity contribution in [1.82, 2.24) is 5.32 Å². The maximum absolute atomic E-state index is 12.3. The molecule has 1 aromatic rings. The van der Waals surface area contributed by atoms with E-state index in [-0.39, 0.29) is 17.5 Å². The summed E-state index contributed by atoms with van der Waals surface area (Å²) in [5.41, 5.74) is 1.89. The van der Waals surface area contributed by atoms with Crippen molar-refractivity contribution in [2.75, 3.05) is 26.0 Å². The van der Waals surface area contributed by atoms with Crippen molar-refractivity contribution in [2.45, 2.75) is 32.1 Å². The lowest BCUT2D eigenvalue weighted by atomic mass is 10.1. The van der Waals surface area contributed by atoms with Crippen molar-refractivity contribution in [2.24, 2.45) is 0 Å². The number of aryl methyl sites for hydroxylation is 1. The first-order valence-electron chi connectivity index (χ1n) is 6.95. The fraction of sp³-hybridized carbons (Fsp3) is 0.600. The van der Waals surface area contributed by atoms with Gasteiger partial charge in [-0.25, -0.2) is 8.42 Å². The lowest BCUT2D eigenvalue weighted by Crippen LogP contribution is -2.40. The SMILES string of the molecule is CCCNC(COC)CS(=O)(=O)Cc1ccccc1C. The molecule has 0 aliphatic heterocycles. The highest BCUT2D eigenvalue weighted by Crippen LogP contribution is 2.12. The van der Waals surface area contributed by atoms with E-state index >= 15 is 0 Å². The molecule has 0 heterocycles. The van der Waals surface area contributed by atoms with Crippen molar-refractivity contribution in [3.8, 4) is 0 Å². The van der Waals surface area contributed by atoms with Gasteiger partial charge in [0.05, 0.1) is 18.1 Å². The Labute approximate surface area is 122 Å². The van der Waals surface area contributed by atoms with Crippen LogP contribution in [0.1, 0.15) is 24.5 Å². The zero-order valence-corrected chi connectivity index (χ0v) is 13.4. The van der Waals surface area contributed by atoms with Gasteiger partial charge in [0.1, 0.15) is 0 Å². The number of ether oxygens (including phenoxy) is 1. The molecule has 0 saturated heterocycles. The van der Waals surface area contributed by atoms with E-state index in [4.69, 9.17) is 4.74 Å². The van der Waals surface area contributed by atoms with Crippen LogP contribution in [-0.4, -0.2) is 40.5 Å². The van der Waals surface area contributed by atoms with Crippen LogP contribution in [0.5, 0.6) is 0 Å². The first-order chi connectivity index (χ1) is 9.48. The minimum atomic E-state index is -3.15. The van der Waals surface area contributed by atoms with Gasteiger partial charge in [0.2, 0.25) is 0 Å². The quantitative estimate of drug-likeness (QED) is 0.757. The molecule has 20 heavy (non-hydrogen) atoms. The smallest absolute Gasteiger partial charge is 0.156 e. The van der Waals surface area contributed by atoms with Crippen LogP contribution in [0.15, 0.2) is 24.3 Å². The molecule has 0 spiro atoms. The topological polar surface area (TPSA) is 55.4 Å². The Balaban J connectivity index is 2.69. The van der Waals surface area contributed by atoms with E-state index in [9.17, 15) is 8.42 Å². The minimum absolute atomic E-state index is 0.0910. The van der Waals surface area contributed by atoms with E-state index in [0.29, 0.717) is 6.61 Å². The Morgan fingerprint density at radius 2 is 2.00 bits per heavy atom. The van der Waals surface area contributed by atoms with Crippen LogP contribution in [0.3, 0.4) is 0 Å². The highest BCUT2D eigenvalue weighted by atomic mass is 32.2. The third-order valence-electron chi connectivity index (χ3n) is 3.14. The second-order valence-corrected chi connectivity index (χ2v) is 7.20. The summed E-state index contributed by atoms with van der Waals surface area (Å²) in [7, 11) is -1.56. The molecule has 1 rings (SSSR count). The van der Waals surface area contributed by atoms with Crippen molar-refractivity contribution in [3.63, 3.8) is 0 Å². The van der Waals surface area contributed by atoms with Crippen LogP contribution >= 0.6 is 0 Å². The molecule has 1 atom stereocenters. The second-order valence-electron chi connectivity index (χ2n) is 5.09. The molecule has 0 radical (unpaired) electrons. The van der Waals surface area contributed by atoms with Crippen LogP contribution in [0, 0.1) is 6.92 Å². The van der Waals surface area contributed by atoms with Gasteiger partial charge < -0.3 is 10.1 Å². The normalized spacial score (nSPS) is 13.3. The summed E-state index contributed by atoms with van der Waals surface area (Å²) in [6.07, 6.45) is 0.970. The summed E-state index contributed by atoms with van der Waals surface area (Å²) in [6.45, 7) is 5.20. The lowest BCUT2D eigenvalue weighted by Gasteiger charge is -2.18. The van der Waals surface area contributed by atoms with Crippen LogP contribution in [0.4, 0.5) is 0 Å². The molecule has 0 amide bonds. The maximum atomic E-state index is 12.3. The molecular weight excluding hydrogens is 274 g/mol. The van der Waals surface area contributed by atoms with Gasteiger partial charge in [0.15, 0.2) is 9.84 Å². The summed E-state index contributed by atoms with van der Waals surface area (Å²) < 4.78 is 29.7. The van der Waals surface area contributed by atoms with Crippen molar-refractivity contribution < 1.29 is 13.2 Å². The zero-order chi connectivity index (χ0) is 15.0. The third-order valence-corrected chi connectivity index (χ3v) is 4.80. The van der Waals surface area contributed by atoms with Crippen LogP contribution in [0.25, 0.3) is 0 Å². The molecule has 1 unspecified atom stereocenters. The van der Waals surface area contributed by atoms with Gasteiger partial charge >= 0.3 is 0 Å². The Morgan fingerprint density at radius 3 is 2.60 bits per heavy atom. The number of nitrogens with one attached hydrogen (secondary N) is 1. The highest BCUT2D eigenvalue weighted by Gasteiger charge is 2.20. The van der Waals surface area contributed by atoms with Gasteiger partial charge in [0.25, 0.3) is 0 Å². The number of hydrogen-bond acceptors (Lipinski definition) is 4. The molecule has 0 bridgehead atoms. The molecule has 0 aliphatic carbocycles. The van der Waals surface area contributed by atoms with Gasteiger partial charge in [-0.3, -0.25) is 0 Å². The monoisotopic (exact) mass is 299 g/mol. The van der Waals surface area contributed by atoms with Crippen molar-refractivity contribution >= 4 is 9.84 Å². The van der Waals surface area contributed by atoms with Crippen LogP contribution < -0.4 is 5.32 Å². The Bertz CT molecular complexity index is 500. The van der Waals surface area contributed by atoms with Crippen molar-refractivity contribution in [3.05, 3.63) is 35.4 Å². The molecule has 4 nitrogen and oxygen atoms in total. The zero-order valence-electron chi connectivity index (χ0n) is 12.6. The molecular formula is C15H25NO3S. The predicted octanol–water partition coefficient (Wildman–Crippen LogP) is 1.92. The summed E-state index contributed by atoms with van der Waals surface area (Å²) in [5, 5.41) is 3.22. The maximum Gasteiger partial charge on any atom is 0.156 e. The second kappa shape index (κ2) is 8.39. The van der Waals surface area contributed by atoms with E-state index in [1.165, 1.54) is 0 Å². The predicted molar refractivity (Wildman–Crippen MR) is 82.6 cm³/mol. The van der Waals surface area contributed by atoms with E-state index in [2.05, 4.69) is 12.2 Å². The molecule has 0 fully saturated rings. The first-order valence-corrected chi connectivity index (χ1v) is 8.78. The largest absolute Gasteiger partial charge is 0.383 e. The van der Waals surface area contributed by atoms with E-state index in [1.807, 2.05) is 31.2 Å². The average Bonchev–Trinajstić information content (AvgIpc) is 2.38. The first kappa shape index (κ1) is 17.1. The van der Waals surface area contributed by atoms with Gasteiger partial charge in [-0.2, -0.15) is 0 Å². The summed E-state index contributed by atoms with van der Waals surface area (Å²) in [4.78, 5) is 0. The van der Waals surface area contributed by atoms with Crippen LogP contribution in [0.2, 0.25) is 0 Å². The van der Waals surface area contributed by atoms with Crippen molar-refractivity contribution in [1.29, 1.82) is 0 Å². The fourth-order valence-corrected chi connectivity index (χ4v) is 3.83. The summed E-state index contributed by atoms with van der Waals surface area (Å²) in [6, 6.07) is 7.46. The number of rotatable bonds is 9. The van der Waals surface area contributed by atoms with E-state index in [0.717, 1.165) is 24.1 Å². The molecule has 0 aromatic heterocycles.